The maximum Gasteiger partial charge on any atom is 0.359 e. The van der Waals surface area contributed by atoms with Crippen molar-refractivity contribution in [1.82, 2.24) is 9.71 Å². The van der Waals surface area contributed by atoms with Gasteiger partial charge in [0.15, 0.2) is 0 Å². The molecule has 2 rings (SSSR count). The fourth-order valence-electron chi connectivity index (χ4n) is 1.06. The molecule has 5 heteroatoms. The van der Waals surface area contributed by atoms with E-state index in [9.17, 15) is 4.79 Å². The number of aromatic amines is 1. The highest BCUT2D eigenvalue weighted by molar-refractivity contribution is 6.31. The van der Waals surface area contributed by atoms with Crippen molar-refractivity contribution in [2.45, 2.75) is 0 Å². The molecule has 0 radical (unpaired) electrons. The second kappa shape index (κ2) is 2.28. The van der Waals surface area contributed by atoms with Crippen molar-refractivity contribution in [2.24, 2.45) is 0 Å². The summed E-state index contributed by atoms with van der Waals surface area (Å²) in [6, 6.07) is 4.78. The third-order valence-corrected chi connectivity index (χ3v) is 1.86. The maximum atomic E-state index is 10.9. The first kappa shape index (κ1) is 7.24. The molecule has 0 aliphatic rings. The van der Waals surface area contributed by atoms with Crippen LogP contribution < -0.4 is 5.69 Å². The number of rotatable bonds is 0. The van der Waals surface area contributed by atoms with E-state index >= 15 is 0 Å². The lowest BCUT2D eigenvalue weighted by atomic mass is 10.3. The van der Waals surface area contributed by atoms with Crippen LogP contribution in [-0.2, 0) is 0 Å². The third kappa shape index (κ3) is 0.887. The van der Waals surface area contributed by atoms with Gasteiger partial charge in [0.25, 0.3) is 0 Å². The van der Waals surface area contributed by atoms with Gasteiger partial charge in [-0.05, 0) is 18.2 Å². The zero-order valence-electron chi connectivity index (χ0n) is 5.91. The summed E-state index contributed by atoms with van der Waals surface area (Å²) in [5, 5.41) is 9.61. The zero-order chi connectivity index (χ0) is 8.72. The number of hydrogen-bond donors (Lipinski definition) is 2. The molecule has 0 amide bonds. The van der Waals surface area contributed by atoms with Crippen LogP contribution in [0.15, 0.2) is 23.0 Å². The van der Waals surface area contributed by atoms with Crippen molar-refractivity contribution in [2.75, 3.05) is 0 Å². The Balaban J connectivity index is 2.98. The van der Waals surface area contributed by atoms with Gasteiger partial charge in [-0.15, -0.1) is 4.73 Å². The number of aromatic nitrogens is 2. The molecule has 0 unspecified atom stereocenters. The topological polar surface area (TPSA) is 58.0 Å². The number of benzene rings is 1. The quantitative estimate of drug-likeness (QED) is 0.605. The molecule has 0 saturated carbocycles. The van der Waals surface area contributed by atoms with Crippen molar-refractivity contribution >= 4 is 22.6 Å². The Morgan fingerprint density at radius 1 is 1.50 bits per heavy atom. The average Bonchev–Trinajstić information content (AvgIpc) is 2.31. The van der Waals surface area contributed by atoms with E-state index in [-0.39, 0.29) is 0 Å². The minimum atomic E-state index is -0.563. The Kier molecular flexibility index (Phi) is 1.38. The summed E-state index contributed by atoms with van der Waals surface area (Å²) in [6.45, 7) is 0. The van der Waals surface area contributed by atoms with Crippen LogP contribution in [0.1, 0.15) is 0 Å². The Morgan fingerprint density at radius 2 is 2.25 bits per heavy atom. The summed E-state index contributed by atoms with van der Waals surface area (Å²) in [5.74, 6) is 0. The van der Waals surface area contributed by atoms with E-state index in [1.165, 1.54) is 6.07 Å². The summed E-state index contributed by atoms with van der Waals surface area (Å²) in [5.41, 5.74) is 0.381. The van der Waals surface area contributed by atoms with Crippen molar-refractivity contribution in [1.29, 1.82) is 0 Å². The average molecular weight is 185 g/mol. The number of H-pyrrole nitrogens is 1. The normalized spacial score (nSPS) is 10.8. The molecule has 0 fully saturated rings. The lowest BCUT2D eigenvalue weighted by Gasteiger charge is -1.91. The molecule has 62 valence electrons. The first-order valence-corrected chi connectivity index (χ1v) is 3.66. The van der Waals surface area contributed by atoms with Crippen molar-refractivity contribution < 1.29 is 5.21 Å². The highest BCUT2D eigenvalue weighted by Crippen LogP contribution is 2.15. The Morgan fingerprint density at radius 3 is 3.00 bits per heavy atom. The van der Waals surface area contributed by atoms with Gasteiger partial charge in [0.1, 0.15) is 5.52 Å². The van der Waals surface area contributed by atoms with Crippen LogP contribution >= 0.6 is 11.6 Å². The smallest absolute Gasteiger partial charge is 0.359 e. The molecule has 12 heavy (non-hydrogen) atoms. The molecular formula is C7H5ClN2O2. The summed E-state index contributed by atoms with van der Waals surface area (Å²) in [4.78, 5) is 13.3. The first-order chi connectivity index (χ1) is 5.68. The van der Waals surface area contributed by atoms with E-state index < -0.39 is 5.69 Å². The largest absolute Gasteiger partial charge is 0.424 e. The molecule has 4 nitrogen and oxygen atoms in total. The number of halogens is 1. The highest BCUT2D eigenvalue weighted by Gasteiger charge is 2.04. The molecule has 1 aromatic carbocycles. The van der Waals surface area contributed by atoms with Gasteiger partial charge < -0.3 is 10.2 Å². The van der Waals surface area contributed by atoms with E-state index in [0.717, 1.165) is 0 Å². The van der Waals surface area contributed by atoms with Crippen LogP contribution in [0.4, 0.5) is 0 Å². The van der Waals surface area contributed by atoms with E-state index in [1.807, 2.05) is 0 Å². The molecule has 0 spiro atoms. The minimum Gasteiger partial charge on any atom is -0.424 e. The number of nitrogens with one attached hydrogen (secondary N) is 1. The molecule has 0 bridgehead atoms. The van der Waals surface area contributed by atoms with Gasteiger partial charge in [-0.25, -0.2) is 4.79 Å². The van der Waals surface area contributed by atoms with Gasteiger partial charge >= 0.3 is 5.69 Å². The maximum absolute atomic E-state index is 10.9. The lowest BCUT2D eigenvalue weighted by Crippen LogP contribution is -2.12. The van der Waals surface area contributed by atoms with Crippen LogP contribution in [-0.4, -0.2) is 14.9 Å². The third-order valence-electron chi connectivity index (χ3n) is 1.62. The molecule has 1 heterocycles. The molecular weight excluding hydrogens is 180 g/mol. The zero-order valence-corrected chi connectivity index (χ0v) is 6.67. The van der Waals surface area contributed by atoms with Crippen LogP contribution in [0.3, 0.4) is 0 Å². The molecule has 0 aliphatic heterocycles. The number of imidazole rings is 1. The van der Waals surface area contributed by atoms with Gasteiger partial charge in [0, 0.05) is 5.02 Å². The van der Waals surface area contributed by atoms with Crippen molar-refractivity contribution in [3.63, 3.8) is 0 Å². The van der Waals surface area contributed by atoms with Crippen LogP contribution in [0.2, 0.25) is 5.02 Å². The number of nitrogens with zero attached hydrogens (tertiary/aromatic N) is 1. The van der Waals surface area contributed by atoms with E-state index in [4.69, 9.17) is 16.8 Å². The summed E-state index contributed by atoms with van der Waals surface area (Å²) >= 11 is 5.66. The molecule has 0 aliphatic carbocycles. The monoisotopic (exact) mass is 184 g/mol. The predicted molar refractivity (Wildman–Crippen MR) is 44.8 cm³/mol. The van der Waals surface area contributed by atoms with Gasteiger partial charge in [0.05, 0.1) is 5.52 Å². The van der Waals surface area contributed by atoms with E-state index in [1.54, 1.807) is 12.1 Å². The van der Waals surface area contributed by atoms with Gasteiger partial charge in [0.2, 0.25) is 0 Å². The van der Waals surface area contributed by atoms with Crippen molar-refractivity contribution in [3.05, 3.63) is 33.7 Å². The molecule has 0 saturated heterocycles. The highest BCUT2D eigenvalue weighted by atomic mass is 35.5. The van der Waals surface area contributed by atoms with Crippen molar-refractivity contribution in [3.8, 4) is 0 Å². The first-order valence-electron chi connectivity index (χ1n) is 3.28. The Labute approximate surface area is 72.0 Å². The minimum absolute atomic E-state index is 0.382. The SMILES string of the molecule is O=c1[nH]c2ccc(Cl)cc2n1O. The molecule has 2 N–H and O–H groups in total. The molecule has 2 aromatic rings. The van der Waals surface area contributed by atoms with Crippen LogP contribution in [0, 0.1) is 0 Å². The van der Waals surface area contributed by atoms with Gasteiger partial charge in [-0.1, -0.05) is 11.6 Å². The molecule has 1 aromatic heterocycles. The summed E-state index contributed by atoms with van der Waals surface area (Å²) in [7, 11) is 0. The van der Waals surface area contributed by atoms with Gasteiger partial charge in [-0.3, -0.25) is 0 Å². The van der Waals surface area contributed by atoms with E-state index in [2.05, 4.69) is 4.98 Å². The number of fused-ring (bicyclic) bond motifs is 1. The van der Waals surface area contributed by atoms with Crippen LogP contribution in [0.25, 0.3) is 11.0 Å². The van der Waals surface area contributed by atoms with E-state index in [0.29, 0.717) is 20.8 Å². The number of hydrogen-bond acceptors (Lipinski definition) is 2. The van der Waals surface area contributed by atoms with Crippen LogP contribution in [0.5, 0.6) is 0 Å². The second-order valence-electron chi connectivity index (χ2n) is 2.40. The fourth-order valence-corrected chi connectivity index (χ4v) is 1.23. The lowest BCUT2D eigenvalue weighted by molar-refractivity contribution is 0.188. The fraction of sp³-hybridized carbons (Fsp3) is 0. The standard InChI is InChI=1S/C7H5ClN2O2/c8-4-1-2-5-6(3-4)10(12)7(11)9-5/h1-3,12H,(H,9,11). The summed E-state index contributed by atoms with van der Waals surface area (Å²) < 4.78 is 0.529. The molecule has 0 atom stereocenters. The van der Waals surface area contributed by atoms with Gasteiger partial charge in [-0.2, -0.15) is 0 Å². The second-order valence-corrected chi connectivity index (χ2v) is 2.84. The Hall–Kier alpha value is -1.42. The Bertz CT molecular complexity index is 486. The predicted octanol–water partition coefficient (Wildman–Crippen LogP) is 1.22. The summed E-state index contributed by atoms with van der Waals surface area (Å²) in [6.07, 6.45) is 0.